The summed E-state index contributed by atoms with van der Waals surface area (Å²) in [6.45, 7) is 4.79. The zero-order valence-corrected chi connectivity index (χ0v) is 24.9. The highest BCUT2D eigenvalue weighted by Gasteiger charge is 2.61. The van der Waals surface area contributed by atoms with Crippen LogP contribution >= 0.6 is 11.8 Å². The van der Waals surface area contributed by atoms with E-state index in [0.717, 1.165) is 0 Å². The molecule has 1 saturated carbocycles. The number of nitrogens with zero attached hydrogens (tertiary/aromatic N) is 6. The van der Waals surface area contributed by atoms with Gasteiger partial charge in [-0.15, -0.1) is 16.9 Å². The summed E-state index contributed by atoms with van der Waals surface area (Å²) in [7, 11) is 0. The number of carboxylic acid groups (broad SMARTS) is 1. The number of nitrogens with one attached hydrogen (secondary N) is 1. The topological polar surface area (TPSA) is 217 Å². The summed E-state index contributed by atoms with van der Waals surface area (Å²) in [5.41, 5.74) is 5.45. The van der Waals surface area contributed by atoms with Gasteiger partial charge in [0.1, 0.15) is 18.6 Å². The van der Waals surface area contributed by atoms with Gasteiger partial charge >= 0.3 is 5.97 Å². The largest absolute Gasteiger partial charge is 0.477 e. The number of hydrogen-bond acceptors (Lipinski definition) is 12. The standard InChI is InChI=1S/C27H38N8O7S/c1-12(3-14(37)7-34-11-30-31-32-34)19-20-13(2)23(21(26(41)42)35(20)25(19)40)43-15-4-18(29-6-15)24(39)33-8-16-22(38)17(28)5-27(16,9-33)10-36/h11-13,15-20,22,29,36,38H,3-10,28H2,1-2H3,(H,41,42)/t12?,13-,15+,16?,17-,18+,19-,20-,22+,27+/m1/s1. The Kier molecular flexibility index (Phi) is 7.86. The second-order valence-corrected chi connectivity index (χ2v) is 14.2. The van der Waals surface area contributed by atoms with Crippen molar-refractivity contribution >= 4 is 35.3 Å². The van der Waals surface area contributed by atoms with Crippen molar-refractivity contribution in [3.63, 3.8) is 0 Å². The summed E-state index contributed by atoms with van der Waals surface area (Å²) < 4.78 is 1.33. The molecule has 0 radical (unpaired) electrons. The van der Waals surface area contributed by atoms with E-state index in [0.29, 0.717) is 37.4 Å². The Bertz CT molecular complexity index is 1340. The quantitative estimate of drug-likeness (QED) is 0.180. The molecule has 16 heteroatoms. The van der Waals surface area contributed by atoms with E-state index in [-0.39, 0.29) is 71.9 Å². The number of likely N-dealkylation sites (tertiary alicyclic amines) is 1. The molecule has 6 rings (SSSR count). The number of aliphatic hydroxyl groups excluding tert-OH is 2. The summed E-state index contributed by atoms with van der Waals surface area (Å²) in [6, 6.07) is -1.23. The van der Waals surface area contributed by atoms with E-state index in [1.807, 2.05) is 13.8 Å². The van der Waals surface area contributed by atoms with Crippen LogP contribution in [0.2, 0.25) is 0 Å². The summed E-state index contributed by atoms with van der Waals surface area (Å²) in [5, 5.41) is 44.7. The van der Waals surface area contributed by atoms with E-state index in [9.17, 15) is 34.5 Å². The van der Waals surface area contributed by atoms with Gasteiger partial charge in [0.25, 0.3) is 0 Å². The number of fused-ring (bicyclic) bond motifs is 2. The first-order valence-electron chi connectivity index (χ1n) is 14.7. The van der Waals surface area contributed by atoms with Crippen molar-refractivity contribution in [2.75, 3.05) is 26.2 Å². The molecule has 0 bridgehead atoms. The van der Waals surface area contributed by atoms with Crippen molar-refractivity contribution in [1.29, 1.82) is 0 Å². The fourth-order valence-electron chi connectivity index (χ4n) is 8.10. The monoisotopic (exact) mass is 618 g/mol. The normalized spacial score (nSPS) is 37.5. The van der Waals surface area contributed by atoms with E-state index >= 15 is 0 Å². The molecule has 4 aliphatic heterocycles. The lowest BCUT2D eigenvalue weighted by atomic mass is 9.73. The molecule has 43 heavy (non-hydrogen) atoms. The first kappa shape index (κ1) is 30.1. The number of carbonyl (C=O) groups is 4. The molecule has 234 valence electrons. The van der Waals surface area contributed by atoms with Gasteiger partial charge in [0.2, 0.25) is 11.8 Å². The van der Waals surface area contributed by atoms with Gasteiger partial charge in [-0.05, 0) is 29.2 Å². The van der Waals surface area contributed by atoms with Gasteiger partial charge in [-0.25, -0.2) is 9.48 Å². The number of rotatable bonds is 10. The molecule has 6 N–H and O–H groups in total. The number of amides is 2. The van der Waals surface area contributed by atoms with Crippen LogP contribution in [0.15, 0.2) is 16.9 Å². The second-order valence-electron chi connectivity index (χ2n) is 12.9. The van der Waals surface area contributed by atoms with Gasteiger partial charge < -0.3 is 36.2 Å². The van der Waals surface area contributed by atoms with E-state index in [4.69, 9.17) is 5.73 Å². The Labute approximate surface area is 252 Å². The molecule has 0 spiro atoms. The molecule has 1 aliphatic carbocycles. The number of aromatic nitrogens is 4. The van der Waals surface area contributed by atoms with Gasteiger partial charge in [0.05, 0.1) is 30.7 Å². The van der Waals surface area contributed by atoms with Crippen LogP contribution in [0.1, 0.15) is 33.1 Å². The van der Waals surface area contributed by atoms with Crippen molar-refractivity contribution < 1.29 is 34.5 Å². The number of nitrogens with two attached hydrogens (primary N) is 1. The van der Waals surface area contributed by atoms with Crippen molar-refractivity contribution in [3.05, 3.63) is 16.9 Å². The summed E-state index contributed by atoms with van der Waals surface area (Å²) >= 11 is 1.41. The van der Waals surface area contributed by atoms with E-state index in [1.165, 1.54) is 27.7 Å². The molecule has 5 heterocycles. The predicted octanol–water partition coefficient (Wildman–Crippen LogP) is -1.97. The second kappa shape index (κ2) is 11.2. The number of tetrazole rings is 1. The molecule has 3 saturated heterocycles. The van der Waals surface area contributed by atoms with Gasteiger partial charge in [0, 0.05) is 59.5 Å². The molecule has 1 aromatic heterocycles. The highest BCUT2D eigenvalue weighted by atomic mass is 32.2. The number of carboxylic acids is 1. The van der Waals surface area contributed by atoms with Crippen molar-refractivity contribution in [1.82, 2.24) is 35.3 Å². The maximum atomic E-state index is 13.5. The maximum absolute atomic E-state index is 13.5. The van der Waals surface area contributed by atoms with Crippen molar-refractivity contribution in [3.8, 4) is 0 Å². The maximum Gasteiger partial charge on any atom is 0.353 e. The molecule has 10 atom stereocenters. The number of Topliss-reactive ketones (excluding diaryl/α,β-unsaturated/α-hetero) is 1. The third-order valence-corrected chi connectivity index (χ3v) is 11.7. The van der Waals surface area contributed by atoms with Crippen LogP contribution in [0.4, 0.5) is 0 Å². The SMILES string of the molecule is CC(CC(=O)Cn1cnnn1)[C@H]1C(=O)N2C(C(=O)O)=C(S[C@@H]3CN[C@H](C(=O)N4CC5[C@H](O)[C@H](N)C[C@@]5(CO)C4)C3)[C@H](C)[C@H]12. The smallest absolute Gasteiger partial charge is 0.353 e. The number of carbonyl (C=O) groups excluding carboxylic acids is 3. The number of aliphatic carboxylic acids is 1. The molecule has 15 nitrogen and oxygen atoms in total. The summed E-state index contributed by atoms with van der Waals surface area (Å²) in [5.74, 6) is -2.94. The van der Waals surface area contributed by atoms with Gasteiger partial charge in [-0.3, -0.25) is 14.4 Å². The third-order valence-electron chi connectivity index (χ3n) is 10.2. The Morgan fingerprint density at radius 3 is 2.74 bits per heavy atom. The minimum Gasteiger partial charge on any atom is -0.477 e. The summed E-state index contributed by atoms with van der Waals surface area (Å²) in [4.78, 5) is 55.4. The molecule has 2 unspecified atom stereocenters. The molecule has 5 aliphatic rings. The van der Waals surface area contributed by atoms with Crippen LogP contribution in [0, 0.1) is 29.1 Å². The van der Waals surface area contributed by atoms with Crippen LogP contribution in [0.25, 0.3) is 0 Å². The van der Waals surface area contributed by atoms with E-state index in [2.05, 4.69) is 20.8 Å². The number of hydrogen-bond donors (Lipinski definition) is 5. The average Bonchev–Trinajstić information content (AvgIpc) is 3.77. The van der Waals surface area contributed by atoms with Crippen LogP contribution < -0.4 is 11.1 Å². The predicted molar refractivity (Wildman–Crippen MR) is 151 cm³/mol. The Morgan fingerprint density at radius 2 is 2.09 bits per heavy atom. The average molecular weight is 619 g/mol. The fourth-order valence-corrected chi connectivity index (χ4v) is 9.58. The van der Waals surface area contributed by atoms with Crippen LogP contribution in [0.5, 0.6) is 0 Å². The lowest BCUT2D eigenvalue weighted by molar-refractivity contribution is -0.160. The van der Waals surface area contributed by atoms with E-state index in [1.54, 1.807) is 4.90 Å². The minimum atomic E-state index is -1.17. The van der Waals surface area contributed by atoms with Crippen molar-refractivity contribution in [2.45, 2.75) is 69.1 Å². The summed E-state index contributed by atoms with van der Waals surface area (Å²) in [6.07, 6.45) is 1.67. The number of ketones is 1. The Balaban J connectivity index is 1.09. The highest BCUT2D eigenvalue weighted by Crippen LogP contribution is 2.53. The van der Waals surface area contributed by atoms with Crippen LogP contribution in [-0.4, -0.2) is 125 Å². The molecule has 4 fully saturated rings. The number of β-lactam (4-membered cyclic amide) rings is 1. The number of aliphatic hydroxyl groups is 2. The first-order valence-corrected chi connectivity index (χ1v) is 15.6. The molecular weight excluding hydrogens is 580 g/mol. The molecular formula is C27H38N8O7S. The Hall–Kier alpha value is -2.92. The molecule has 2 amide bonds. The van der Waals surface area contributed by atoms with Gasteiger partial charge in [0.15, 0.2) is 5.78 Å². The Morgan fingerprint density at radius 1 is 1.33 bits per heavy atom. The van der Waals surface area contributed by atoms with E-state index < -0.39 is 35.5 Å². The molecule has 1 aromatic rings. The van der Waals surface area contributed by atoms with Crippen molar-refractivity contribution in [2.24, 2.45) is 34.8 Å². The fraction of sp³-hybridized carbons (Fsp3) is 0.741. The van der Waals surface area contributed by atoms with Crippen LogP contribution in [0.3, 0.4) is 0 Å². The van der Waals surface area contributed by atoms with Gasteiger partial charge in [-0.2, -0.15) is 0 Å². The zero-order valence-electron chi connectivity index (χ0n) is 24.1. The molecule has 0 aromatic carbocycles. The van der Waals surface area contributed by atoms with Gasteiger partial charge in [-0.1, -0.05) is 13.8 Å². The lowest BCUT2D eigenvalue weighted by Crippen LogP contribution is -2.62. The number of thioether (sulfide) groups is 1. The van der Waals surface area contributed by atoms with Crippen LogP contribution in [-0.2, 0) is 25.7 Å². The lowest BCUT2D eigenvalue weighted by Gasteiger charge is -2.47. The minimum absolute atomic E-state index is 0.00364. The zero-order chi connectivity index (χ0) is 30.8. The highest BCUT2D eigenvalue weighted by molar-refractivity contribution is 8.03. The third kappa shape index (κ3) is 4.96. The first-order chi connectivity index (χ1) is 20.5.